The van der Waals surface area contributed by atoms with Gasteiger partial charge in [-0.3, -0.25) is 4.79 Å². The maximum atomic E-state index is 11.2. The lowest BCUT2D eigenvalue weighted by molar-refractivity contribution is -0.145. The molecule has 1 atom stereocenters. The van der Waals surface area contributed by atoms with E-state index < -0.39 is 11.4 Å². The molecule has 0 amide bonds. The number of carboxylic acids is 1. The lowest BCUT2D eigenvalue weighted by Gasteiger charge is -2.24. The van der Waals surface area contributed by atoms with Gasteiger partial charge in [0.15, 0.2) is 0 Å². The fourth-order valence-electron chi connectivity index (χ4n) is 1.39. The Balaban J connectivity index is 3.15. The number of rotatable bonds is 4. The van der Waals surface area contributed by atoms with Gasteiger partial charge < -0.3 is 9.84 Å². The number of halogens is 1. The van der Waals surface area contributed by atoms with E-state index in [1.807, 2.05) is 12.1 Å². The normalized spacial score (nSPS) is 14.6. The SMILES string of the molecule is COCC(C)(C(=O)O)c1cccc(Br)c1. The number of aliphatic carboxylic acids is 1. The third-order valence-electron chi connectivity index (χ3n) is 2.37. The molecule has 0 bridgehead atoms. The summed E-state index contributed by atoms with van der Waals surface area (Å²) in [5.74, 6) is -0.887. The predicted molar refractivity (Wildman–Crippen MR) is 61.0 cm³/mol. The fourth-order valence-corrected chi connectivity index (χ4v) is 1.79. The summed E-state index contributed by atoms with van der Waals surface area (Å²) >= 11 is 3.32. The standard InChI is InChI=1S/C11H13BrO3/c1-11(7-15-2,10(13)14)8-4-3-5-9(12)6-8/h3-6H,7H2,1-2H3,(H,13,14). The van der Waals surface area contributed by atoms with Crippen LogP contribution in [0.15, 0.2) is 28.7 Å². The van der Waals surface area contributed by atoms with Crippen molar-refractivity contribution in [1.82, 2.24) is 0 Å². The van der Waals surface area contributed by atoms with Crippen molar-refractivity contribution in [2.75, 3.05) is 13.7 Å². The zero-order chi connectivity index (χ0) is 11.5. The van der Waals surface area contributed by atoms with Crippen LogP contribution < -0.4 is 0 Å². The summed E-state index contributed by atoms with van der Waals surface area (Å²) in [6, 6.07) is 7.26. The van der Waals surface area contributed by atoms with Crippen LogP contribution in [-0.4, -0.2) is 24.8 Å². The molecule has 0 aliphatic rings. The molecule has 15 heavy (non-hydrogen) atoms. The minimum atomic E-state index is -1.00. The Labute approximate surface area is 97.2 Å². The minimum Gasteiger partial charge on any atom is -0.481 e. The Morgan fingerprint density at radius 2 is 2.27 bits per heavy atom. The quantitative estimate of drug-likeness (QED) is 0.916. The van der Waals surface area contributed by atoms with Gasteiger partial charge in [-0.15, -0.1) is 0 Å². The molecule has 0 fully saturated rings. The van der Waals surface area contributed by atoms with Crippen molar-refractivity contribution in [1.29, 1.82) is 0 Å². The van der Waals surface area contributed by atoms with Gasteiger partial charge in [-0.25, -0.2) is 0 Å². The van der Waals surface area contributed by atoms with Crippen LogP contribution in [-0.2, 0) is 14.9 Å². The first-order chi connectivity index (χ1) is 7.00. The molecule has 0 radical (unpaired) electrons. The summed E-state index contributed by atoms with van der Waals surface area (Å²) in [6.07, 6.45) is 0. The van der Waals surface area contributed by atoms with Crippen LogP contribution in [0.3, 0.4) is 0 Å². The Bertz CT molecular complexity index is 365. The van der Waals surface area contributed by atoms with Crippen LogP contribution in [0.25, 0.3) is 0 Å². The molecular weight excluding hydrogens is 260 g/mol. The van der Waals surface area contributed by atoms with Crippen LogP contribution in [0, 0.1) is 0 Å². The van der Waals surface area contributed by atoms with E-state index in [9.17, 15) is 9.90 Å². The van der Waals surface area contributed by atoms with Crippen molar-refractivity contribution in [3.8, 4) is 0 Å². The average molecular weight is 273 g/mol. The van der Waals surface area contributed by atoms with Gasteiger partial charge in [0.25, 0.3) is 0 Å². The van der Waals surface area contributed by atoms with Crippen molar-refractivity contribution >= 4 is 21.9 Å². The lowest BCUT2D eigenvalue weighted by atomic mass is 9.83. The molecule has 4 heteroatoms. The molecule has 82 valence electrons. The highest BCUT2D eigenvalue weighted by atomic mass is 79.9. The third kappa shape index (κ3) is 2.58. The van der Waals surface area contributed by atoms with E-state index in [-0.39, 0.29) is 6.61 Å². The van der Waals surface area contributed by atoms with Crippen LogP contribution >= 0.6 is 15.9 Å². The monoisotopic (exact) mass is 272 g/mol. The average Bonchev–Trinajstić information content (AvgIpc) is 2.17. The first kappa shape index (κ1) is 12.2. The molecule has 1 aromatic carbocycles. The van der Waals surface area contributed by atoms with Crippen molar-refractivity contribution in [2.45, 2.75) is 12.3 Å². The molecule has 1 aromatic rings. The Morgan fingerprint density at radius 1 is 1.60 bits per heavy atom. The molecule has 1 rings (SSSR count). The minimum absolute atomic E-state index is 0.152. The van der Waals surface area contributed by atoms with E-state index in [4.69, 9.17) is 4.74 Å². The van der Waals surface area contributed by atoms with E-state index >= 15 is 0 Å². The Morgan fingerprint density at radius 3 is 2.73 bits per heavy atom. The summed E-state index contributed by atoms with van der Waals surface area (Å²) < 4.78 is 5.83. The van der Waals surface area contributed by atoms with Gasteiger partial charge >= 0.3 is 5.97 Å². The van der Waals surface area contributed by atoms with Gasteiger partial charge in [0.1, 0.15) is 5.41 Å². The Hall–Kier alpha value is -0.870. The third-order valence-corrected chi connectivity index (χ3v) is 2.86. The second-order valence-corrected chi connectivity index (χ2v) is 4.50. The summed E-state index contributed by atoms with van der Waals surface area (Å²) in [4.78, 5) is 11.2. The van der Waals surface area contributed by atoms with Gasteiger partial charge in [0.05, 0.1) is 6.61 Å². The number of methoxy groups -OCH3 is 1. The number of benzene rings is 1. The van der Waals surface area contributed by atoms with Gasteiger partial charge in [-0.2, -0.15) is 0 Å². The second-order valence-electron chi connectivity index (χ2n) is 3.58. The highest BCUT2D eigenvalue weighted by molar-refractivity contribution is 9.10. The highest BCUT2D eigenvalue weighted by Gasteiger charge is 2.35. The molecule has 0 saturated heterocycles. The molecular formula is C11H13BrO3. The largest absolute Gasteiger partial charge is 0.481 e. The van der Waals surface area contributed by atoms with E-state index in [2.05, 4.69) is 15.9 Å². The summed E-state index contributed by atoms with van der Waals surface area (Å²) in [7, 11) is 1.50. The van der Waals surface area contributed by atoms with Crippen molar-refractivity contribution < 1.29 is 14.6 Å². The molecule has 0 heterocycles. The number of carbonyl (C=O) groups is 1. The van der Waals surface area contributed by atoms with Gasteiger partial charge in [0.2, 0.25) is 0 Å². The van der Waals surface area contributed by atoms with Crippen LogP contribution in [0.4, 0.5) is 0 Å². The lowest BCUT2D eigenvalue weighted by Crippen LogP contribution is -2.37. The maximum absolute atomic E-state index is 11.2. The number of carboxylic acid groups (broad SMARTS) is 1. The fraction of sp³-hybridized carbons (Fsp3) is 0.364. The molecule has 1 N–H and O–H groups in total. The van der Waals surface area contributed by atoms with Gasteiger partial charge in [-0.1, -0.05) is 28.1 Å². The topological polar surface area (TPSA) is 46.5 Å². The van der Waals surface area contributed by atoms with Crippen LogP contribution in [0.5, 0.6) is 0 Å². The number of hydrogen-bond donors (Lipinski definition) is 1. The zero-order valence-corrected chi connectivity index (χ0v) is 10.2. The molecule has 0 aromatic heterocycles. The molecule has 1 unspecified atom stereocenters. The van der Waals surface area contributed by atoms with E-state index in [0.29, 0.717) is 0 Å². The van der Waals surface area contributed by atoms with Crippen LogP contribution in [0.2, 0.25) is 0 Å². The molecule has 0 spiro atoms. The second kappa shape index (κ2) is 4.77. The van der Waals surface area contributed by atoms with Gasteiger partial charge in [0, 0.05) is 11.6 Å². The smallest absolute Gasteiger partial charge is 0.316 e. The first-order valence-corrected chi connectivity index (χ1v) is 5.28. The van der Waals surface area contributed by atoms with E-state index in [1.165, 1.54) is 7.11 Å². The van der Waals surface area contributed by atoms with Crippen LogP contribution in [0.1, 0.15) is 12.5 Å². The van der Waals surface area contributed by atoms with E-state index in [1.54, 1.807) is 19.1 Å². The summed E-state index contributed by atoms with van der Waals surface area (Å²) in [5.41, 5.74) is -0.273. The highest BCUT2D eigenvalue weighted by Crippen LogP contribution is 2.26. The summed E-state index contributed by atoms with van der Waals surface area (Å²) in [5, 5.41) is 9.21. The van der Waals surface area contributed by atoms with Crippen molar-refractivity contribution in [2.24, 2.45) is 0 Å². The molecule has 0 aliphatic carbocycles. The zero-order valence-electron chi connectivity index (χ0n) is 8.66. The molecule has 0 aliphatic heterocycles. The summed E-state index contributed by atoms with van der Waals surface area (Å²) in [6.45, 7) is 1.80. The predicted octanol–water partition coefficient (Wildman–Crippen LogP) is 2.44. The van der Waals surface area contributed by atoms with Crippen molar-refractivity contribution in [3.63, 3.8) is 0 Å². The van der Waals surface area contributed by atoms with E-state index in [0.717, 1.165) is 10.0 Å². The first-order valence-electron chi connectivity index (χ1n) is 4.49. The van der Waals surface area contributed by atoms with Crippen molar-refractivity contribution in [3.05, 3.63) is 34.3 Å². The molecule has 0 saturated carbocycles. The number of ether oxygens (including phenoxy) is 1. The maximum Gasteiger partial charge on any atom is 0.316 e. The Kier molecular flexibility index (Phi) is 3.88. The van der Waals surface area contributed by atoms with Gasteiger partial charge in [-0.05, 0) is 24.6 Å². The molecule has 3 nitrogen and oxygen atoms in total. The number of hydrogen-bond acceptors (Lipinski definition) is 2.